The second-order valence-electron chi connectivity index (χ2n) is 7.41. The topological polar surface area (TPSA) is 58.1 Å². The van der Waals surface area contributed by atoms with E-state index in [4.69, 9.17) is 0 Å². The number of rotatable bonds is 5. The number of nitrogens with zero attached hydrogens (tertiary/aromatic N) is 3. The van der Waals surface area contributed by atoms with Crippen molar-refractivity contribution >= 4 is 11.7 Å². The van der Waals surface area contributed by atoms with Crippen LogP contribution in [0.1, 0.15) is 63.0 Å². The Hall–Kier alpha value is -1.65. The molecule has 4 rings (SSSR count). The number of hydrogen-bond acceptors (Lipinski definition) is 4. The number of amides is 1. The standard InChI is InChI=1S/C18H26N4O/c23-18(21-15-2-1-3-15)10-13-6-8-22(9-7-13)17-11-16(14-4-5-14)19-12-20-17/h11-15H,1-10H2,(H,21,23). The van der Waals surface area contributed by atoms with Crippen LogP contribution in [0.2, 0.25) is 0 Å². The van der Waals surface area contributed by atoms with Gasteiger partial charge in [0.25, 0.3) is 0 Å². The molecule has 0 spiro atoms. The fourth-order valence-corrected chi connectivity index (χ4v) is 3.60. The van der Waals surface area contributed by atoms with Gasteiger partial charge >= 0.3 is 0 Å². The van der Waals surface area contributed by atoms with Gasteiger partial charge in [-0.2, -0.15) is 0 Å². The van der Waals surface area contributed by atoms with Crippen molar-refractivity contribution in [2.45, 2.75) is 63.3 Å². The van der Waals surface area contributed by atoms with Gasteiger partial charge in [0.15, 0.2) is 0 Å². The molecule has 1 N–H and O–H groups in total. The minimum Gasteiger partial charge on any atom is -0.356 e. The van der Waals surface area contributed by atoms with Gasteiger partial charge in [-0.1, -0.05) is 0 Å². The summed E-state index contributed by atoms with van der Waals surface area (Å²) in [5, 5.41) is 3.16. The van der Waals surface area contributed by atoms with Crippen LogP contribution in [-0.4, -0.2) is 35.0 Å². The molecule has 1 saturated heterocycles. The quantitative estimate of drug-likeness (QED) is 0.907. The molecular formula is C18H26N4O. The van der Waals surface area contributed by atoms with Crippen LogP contribution in [0.25, 0.3) is 0 Å². The van der Waals surface area contributed by atoms with E-state index >= 15 is 0 Å². The maximum absolute atomic E-state index is 12.0. The average molecular weight is 314 g/mol. The molecule has 2 saturated carbocycles. The lowest BCUT2D eigenvalue weighted by Crippen LogP contribution is -2.41. The van der Waals surface area contributed by atoms with E-state index in [0.29, 0.717) is 24.3 Å². The van der Waals surface area contributed by atoms with Gasteiger partial charge in [0.2, 0.25) is 5.91 Å². The molecule has 3 fully saturated rings. The van der Waals surface area contributed by atoms with E-state index in [0.717, 1.165) is 31.7 Å². The summed E-state index contributed by atoms with van der Waals surface area (Å²) in [5.41, 5.74) is 1.21. The molecule has 2 aliphatic carbocycles. The van der Waals surface area contributed by atoms with Gasteiger partial charge in [0.1, 0.15) is 12.1 Å². The fourth-order valence-electron chi connectivity index (χ4n) is 3.60. The van der Waals surface area contributed by atoms with Gasteiger partial charge in [-0.25, -0.2) is 9.97 Å². The minimum absolute atomic E-state index is 0.256. The van der Waals surface area contributed by atoms with Crippen molar-refractivity contribution in [1.82, 2.24) is 15.3 Å². The number of hydrogen-bond donors (Lipinski definition) is 1. The Balaban J connectivity index is 1.27. The van der Waals surface area contributed by atoms with E-state index in [1.54, 1.807) is 6.33 Å². The first-order chi connectivity index (χ1) is 11.3. The predicted molar refractivity (Wildman–Crippen MR) is 89.3 cm³/mol. The van der Waals surface area contributed by atoms with Crippen LogP contribution in [0.4, 0.5) is 5.82 Å². The maximum atomic E-state index is 12.0. The first kappa shape index (κ1) is 14.9. The number of piperidine rings is 1. The Kier molecular flexibility index (Phi) is 4.19. The van der Waals surface area contributed by atoms with Crippen LogP contribution in [0.3, 0.4) is 0 Å². The normalized spacial score (nSPS) is 22.7. The van der Waals surface area contributed by atoms with Gasteiger partial charge in [-0.15, -0.1) is 0 Å². The van der Waals surface area contributed by atoms with Crippen molar-refractivity contribution in [3.8, 4) is 0 Å². The van der Waals surface area contributed by atoms with Crippen molar-refractivity contribution < 1.29 is 4.79 Å². The van der Waals surface area contributed by atoms with Crippen LogP contribution in [-0.2, 0) is 4.79 Å². The zero-order chi connectivity index (χ0) is 15.6. The van der Waals surface area contributed by atoms with Crippen LogP contribution in [0.15, 0.2) is 12.4 Å². The lowest BCUT2D eigenvalue weighted by Gasteiger charge is -2.33. The average Bonchev–Trinajstić information content (AvgIpc) is 3.37. The van der Waals surface area contributed by atoms with E-state index in [9.17, 15) is 4.79 Å². The molecule has 0 radical (unpaired) electrons. The highest BCUT2D eigenvalue weighted by Crippen LogP contribution is 2.39. The van der Waals surface area contributed by atoms with E-state index in [-0.39, 0.29) is 5.91 Å². The number of nitrogens with one attached hydrogen (secondary N) is 1. The molecule has 1 amide bonds. The van der Waals surface area contributed by atoms with E-state index in [1.807, 2.05) is 0 Å². The van der Waals surface area contributed by atoms with Crippen LogP contribution in [0.5, 0.6) is 0 Å². The molecule has 1 aromatic rings. The van der Waals surface area contributed by atoms with Gasteiger partial charge in [0, 0.05) is 43.2 Å². The van der Waals surface area contributed by atoms with Crippen LogP contribution in [0, 0.1) is 5.92 Å². The lowest BCUT2D eigenvalue weighted by molar-refractivity contribution is -0.123. The molecule has 0 unspecified atom stereocenters. The molecule has 23 heavy (non-hydrogen) atoms. The monoisotopic (exact) mass is 314 g/mol. The number of carbonyl (C=O) groups is 1. The zero-order valence-electron chi connectivity index (χ0n) is 13.7. The highest BCUT2D eigenvalue weighted by Gasteiger charge is 2.27. The number of carbonyl (C=O) groups excluding carboxylic acids is 1. The lowest BCUT2D eigenvalue weighted by atomic mass is 9.90. The number of anilines is 1. The predicted octanol–water partition coefficient (Wildman–Crippen LogP) is 2.63. The van der Waals surface area contributed by atoms with E-state index < -0.39 is 0 Å². The third kappa shape index (κ3) is 3.65. The molecule has 0 atom stereocenters. The molecule has 1 aliphatic heterocycles. The Morgan fingerprint density at radius 2 is 1.91 bits per heavy atom. The summed E-state index contributed by atoms with van der Waals surface area (Å²) in [6.07, 6.45) is 10.7. The van der Waals surface area contributed by atoms with Gasteiger partial charge < -0.3 is 10.2 Å². The Bertz CT molecular complexity index is 560. The minimum atomic E-state index is 0.256. The molecule has 2 heterocycles. The molecule has 5 heteroatoms. The van der Waals surface area contributed by atoms with Crippen molar-refractivity contribution in [3.05, 3.63) is 18.1 Å². The third-order valence-corrected chi connectivity index (χ3v) is 5.55. The highest BCUT2D eigenvalue weighted by atomic mass is 16.1. The summed E-state index contributed by atoms with van der Waals surface area (Å²) in [5.74, 6) is 2.52. The van der Waals surface area contributed by atoms with E-state index in [2.05, 4.69) is 26.3 Å². The zero-order valence-corrected chi connectivity index (χ0v) is 13.7. The second-order valence-corrected chi connectivity index (χ2v) is 7.41. The molecule has 0 aromatic carbocycles. The molecule has 1 aromatic heterocycles. The van der Waals surface area contributed by atoms with E-state index in [1.165, 1.54) is 37.8 Å². The molecule has 124 valence electrons. The van der Waals surface area contributed by atoms with Crippen molar-refractivity contribution in [3.63, 3.8) is 0 Å². The molecule has 5 nitrogen and oxygen atoms in total. The van der Waals surface area contributed by atoms with Gasteiger partial charge in [-0.05, 0) is 50.9 Å². The summed E-state index contributed by atoms with van der Waals surface area (Å²) >= 11 is 0. The van der Waals surface area contributed by atoms with Crippen molar-refractivity contribution in [1.29, 1.82) is 0 Å². The van der Waals surface area contributed by atoms with Crippen LogP contribution >= 0.6 is 0 Å². The Morgan fingerprint density at radius 1 is 1.13 bits per heavy atom. The smallest absolute Gasteiger partial charge is 0.220 e. The SMILES string of the molecule is O=C(CC1CCN(c2cc(C3CC3)ncn2)CC1)NC1CCC1. The summed E-state index contributed by atoms with van der Waals surface area (Å²) in [6, 6.07) is 2.63. The highest BCUT2D eigenvalue weighted by molar-refractivity contribution is 5.76. The summed E-state index contributed by atoms with van der Waals surface area (Å²) in [6.45, 7) is 2.00. The summed E-state index contributed by atoms with van der Waals surface area (Å²) in [4.78, 5) is 23.3. The van der Waals surface area contributed by atoms with Crippen molar-refractivity contribution in [2.75, 3.05) is 18.0 Å². The van der Waals surface area contributed by atoms with Gasteiger partial charge in [0.05, 0.1) is 0 Å². The first-order valence-corrected chi connectivity index (χ1v) is 9.14. The fraction of sp³-hybridized carbons (Fsp3) is 0.722. The largest absolute Gasteiger partial charge is 0.356 e. The summed E-state index contributed by atoms with van der Waals surface area (Å²) in [7, 11) is 0. The second kappa shape index (κ2) is 6.46. The van der Waals surface area contributed by atoms with Crippen LogP contribution < -0.4 is 10.2 Å². The Labute approximate surface area is 137 Å². The summed E-state index contributed by atoms with van der Waals surface area (Å²) < 4.78 is 0. The number of aromatic nitrogens is 2. The third-order valence-electron chi connectivity index (χ3n) is 5.55. The molecule has 0 bridgehead atoms. The Morgan fingerprint density at radius 3 is 2.57 bits per heavy atom. The van der Waals surface area contributed by atoms with Crippen molar-refractivity contribution in [2.24, 2.45) is 5.92 Å². The molecular weight excluding hydrogens is 288 g/mol. The maximum Gasteiger partial charge on any atom is 0.220 e. The first-order valence-electron chi connectivity index (χ1n) is 9.14. The van der Waals surface area contributed by atoms with Gasteiger partial charge in [-0.3, -0.25) is 4.79 Å². The molecule has 3 aliphatic rings.